The lowest BCUT2D eigenvalue weighted by Crippen LogP contribution is -2.46. The van der Waals surface area contributed by atoms with E-state index in [9.17, 15) is 22.4 Å². The largest absolute Gasteiger partial charge is 0.479 e. The van der Waals surface area contributed by atoms with E-state index in [2.05, 4.69) is 25.4 Å². The van der Waals surface area contributed by atoms with Gasteiger partial charge in [-0.2, -0.15) is 18.2 Å². The van der Waals surface area contributed by atoms with Crippen LogP contribution in [0.2, 0.25) is 0 Å². The van der Waals surface area contributed by atoms with Crippen molar-refractivity contribution in [3.05, 3.63) is 36.1 Å². The molecule has 5 rings (SSSR count). The fourth-order valence-electron chi connectivity index (χ4n) is 4.28. The van der Waals surface area contributed by atoms with Crippen LogP contribution in [-0.4, -0.2) is 79.0 Å². The number of halogens is 4. The molecule has 4 aromatic rings. The number of ether oxygens (including phenoxy) is 1. The number of fused-ring (bicyclic) bond motifs is 2. The van der Waals surface area contributed by atoms with Gasteiger partial charge in [0.25, 0.3) is 0 Å². The van der Waals surface area contributed by atoms with Crippen LogP contribution in [0.4, 0.5) is 17.6 Å². The van der Waals surface area contributed by atoms with Gasteiger partial charge in [-0.1, -0.05) is 11.3 Å². The first-order chi connectivity index (χ1) is 17.5. The number of H-pyrrole nitrogens is 1. The molecule has 190 valence electrons. The second-order valence-corrected chi connectivity index (χ2v) is 8.46. The standard InChI is InChI=1S/C22H22F4N8O2/c1-12(35)32-7-6-16(15(23)10-32)27-21-28-20(36-2)19-14(5-8-33(19)30-21)13-3-4-17-18(9-13)34(31-29-17)11-22(24,25)26/h3-5,8-9,15-16H,6-7,10-11H2,1-2H3,(H,27,30)/t15-,16+/m1/s1/i8D. The highest BCUT2D eigenvalue weighted by atomic mass is 19.4. The van der Waals surface area contributed by atoms with Crippen molar-refractivity contribution >= 4 is 22.5 Å². The van der Waals surface area contributed by atoms with E-state index in [4.69, 9.17) is 6.11 Å². The second kappa shape index (κ2) is 8.91. The van der Waals surface area contributed by atoms with Crippen molar-refractivity contribution in [2.75, 3.05) is 20.2 Å². The van der Waals surface area contributed by atoms with E-state index in [1.54, 1.807) is 12.1 Å². The van der Waals surface area contributed by atoms with Crippen LogP contribution >= 0.6 is 0 Å². The number of rotatable bonds is 4. The Balaban J connectivity index is 1.57. The quantitative estimate of drug-likeness (QED) is 0.428. The topological polar surface area (TPSA) is 106 Å². The molecule has 0 radical (unpaired) electrons. The number of hydrogen-bond donors (Lipinski definition) is 1. The number of alkyl halides is 4. The van der Waals surface area contributed by atoms with E-state index in [0.717, 1.165) is 4.68 Å². The van der Waals surface area contributed by atoms with Gasteiger partial charge in [-0.25, -0.2) is 14.1 Å². The van der Waals surface area contributed by atoms with E-state index < -0.39 is 24.9 Å². The maximum Gasteiger partial charge on any atom is 0.408 e. The third-order valence-electron chi connectivity index (χ3n) is 6.03. The van der Waals surface area contributed by atoms with Crippen LogP contribution in [0.1, 0.15) is 14.7 Å². The van der Waals surface area contributed by atoms with Crippen molar-refractivity contribution in [1.82, 2.24) is 34.5 Å². The number of aromatic nitrogens is 6. The van der Waals surface area contributed by atoms with Crippen LogP contribution in [0, 0.1) is 0 Å². The first kappa shape index (κ1) is 22.5. The number of carbonyl (C=O) groups excluding carboxylic acids is 1. The van der Waals surface area contributed by atoms with Gasteiger partial charge in [-0.3, -0.25) is 14.4 Å². The zero-order chi connectivity index (χ0) is 26.5. The summed E-state index contributed by atoms with van der Waals surface area (Å²) in [4.78, 5) is 21.7. The predicted molar refractivity (Wildman–Crippen MR) is 120 cm³/mol. The molecular formula is C22H22F4N8O2. The van der Waals surface area contributed by atoms with Gasteiger partial charge in [0, 0.05) is 25.2 Å². The number of amides is 1. The summed E-state index contributed by atoms with van der Waals surface area (Å²) in [6, 6.07) is 5.46. The minimum absolute atomic E-state index is 0.00707. The van der Waals surface area contributed by atoms with Gasteiger partial charge in [0.2, 0.25) is 17.4 Å². The average Bonchev–Trinajstić information content (AvgIpc) is 3.39. The summed E-state index contributed by atoms with van der Waals surface area (Å²) >= 11 is 0. The number of nitrogens with one attached hydrogen (secondary N) is 1. The van der Waals surface area contributed by atoms with Crippen LogP contribution in [0.3, 0.4) is 0 Å². The molecule has 1 N–H and O–H groups in total. The van der Waals surface area contributed by atoms with Crippen LogP contribution in [0.5, 0.6) is 5.88 Å². The Bertz CT molecular complexity index is 1560. The van der Waals surface area contributed by atoms with E-state index >= 15 is 0 Å². The fourth-order valence-corrected chi connectivity index (χ4v) is 4.28. The van der Waals surface area contributed by atoms with Gasteiger partial charge < -0.3 is 9.64 Å². The van der Waals surface area contributed by atoms with Crippen molar-refractivity contribution < 1.29 is 28.5 Å². The number of likely N-dealkylation sites (tertiary alicyclic amines) is 1. The number of benzene rings is 1. The molecule has 36 heavy (non-hydrogen) atoms. The van der Waals surface area contributed by atoms with Crippen molar-refractivity contribution in [3.8, 4) is 17.0 Å². The minimum atomic E-state index is -4.48. The maximum atomic E-state index is 14.7. The summed E-state index contributed by atoms with van der Waals surface area (Å²) in [5.74, 6) is -0.118. The van der Waals surface area contributed by atoms with Gasteiger partial charge in [0.15, 0.2) is 0 Å². The molecule has 14 heteroatoms. The Morgan fingerprint density at radius 3 is 2.86 bits per heavy atom. The molecule has 0 spiro atoms. The normalized spacial score (nSPS) is 19.8. The second-order valence-electron chi connectivity index (χ2n) is 8.46. The van der Waals surface area contributed by atoms with E-state index in [-0.39, 0.29) is 41.2 Å². The molecular weight excluding hydrogens is 484 g/mol. The fraction of sp³-hybridized carbons (Fsp3) is 0.409. The minimum Gasteiger partial charge on any atom is -0.479 e. The molecule has 2 atom stereocenters. The van der Waals surface area contributed by atoms with Crippen molar-refractivity contribution in [2.24, 2.45) is 4.99 Å². The molecule has 0 unspecified atom stereocenters. The van der Waals surface area contributed by atoms with Gasteiger partial charge in [-0.15, -0.1) is 5.10 Å². The predicted octanol–water partition coefficient (Wildman–Crippen LogP) is 2.50. The van der Waals surface area contributed by atoms with Gasteiger partial charge in [0.1, 0.15) is 23.7 Å². The monoisotopic (exact) mass is 507 g/mol. The number of aromatic amines is 1. The van der Waals surface area contributed by atoms with E-state index in [0.29, 0.717) is 29.6 Å². The Kier molecular flexibility index (Phi) is 5.57. The molecule has 1 saturated heterocycles. The smallest absolute Gasteiger partial charge is 0.408 e. The van der Waals surface area contributed by atoms with Crippen molar-refractivity contribution in [1.29, 1.82) is 0 Å². The molecule has 1 aliphatic rings. The lowest BCUT2D eigenvalue weighted by Gasteiger charge is -2.31. The summed E-state index contributed by atoms with van der Waals surface area (Å²) in [5.41, 5.74) is 1.81. The Morgan fingerprint density at radius 1 is 1.36 bits per heavy atom. The third-order valence-corrected chi connectivity index (χ3v) is 6.03. The van der Waals surface area contributed by atoms with Crippen LogP contribution in [0.25, 0.3) is 27.7 Å². The van der Waals surface area contributed by atoms with E-state index in [1.807, 2.05) is 0 Å². The number of methoxy groups -OCH3 is 1. The lowest BCUT2D eigenvalue weighted by molar-refractivity contribution is -0.142. The molecule has 4 heterocycles. The van der Waals surface area contributed by atoms with Gasteiger partial charge in [-0.05, 0) is 30.2 Å². The first-order valence-electron chi connectivity index (χ1n) is 11.5. The lowest BCUT2D eigenvalue weighted by atomic mass is 10.0. The Hall–Kier alpha value is -3.97. The molecule has 1 aliphatic heterocycles. The summed E-state index contributed by atoms with van der Waals surface area (Å²) in [6.07, 6.45) is -5.56. The molecule has 1 amide bonds. The molecule has 3 aromatic heterocycles. The molecule has 1 fully saturated rings. The molecule has 0 saturated carbocycles. The molecule has 1 aromatic carbocycles. The van der Waals surface area contributed by atoms with Crippen LogP contribution in [-0.2, 0) is 11.3 Å². The zero-order valence-corrected chi connectivity index (χ0v) is 19.3. The zero-order valence-electron chi connectivity index (χ0n) is 20.3. The molecule has 0 bridgehead atoms. The number of nitrogens with zero attached hydrogens (tertiary/aromatic N) is 7. The number of piperidine rings is 1. The van der Waals surface area contributed by atoms with E-state index in [1.165, 1.54) is 35.6 Å². The highest BCUT2D eigenvalue weighted by Gasteiger charge is 2.31. The third kappa shape index (κ3) is 4.50. The summed E-state index contributed by atoms with van der Waals surface area (Å²) in [6.45, 7) is 0.388. The maximum absolute atomic E-state index is 14.7. The SMILES string of the molecule is [2H]c1cc(-c2ccc3nnn(CC(F)(F)F)c3c2)c2c(OC)nc(=N[C@H]3CCN(C(C)=O)C[C@H]3F)[nH]n12. The summed E-state index contributed by atoms with van der Waals surface area (Å²) in [5, 5.41) is 10.3. The van der Waals surface area contributed by atoms with Crippen molar-refractivity contribution in [2.45, 2.75) is 38.3 Å². The molecule has 0 aliphatic carbocycles. The van der Waals surface area contributed by atoms with Gasteiger partial charge >= 0.3 is 6.18 Å². The average molecular weight is 507 g/mol. The highest BCUT2D eigenvalue weighted by Crippen LogP contribution is 2.32. The van der Waals surface area contributed by atoms with Gasteiger partial charge in [0.05, 0.1) is 26.6 Å². The number of carbonyl (C=O) groups is 1. The van der Waals surface area contributed by atoms with Crippen molar-refractivity contribution in [3.63, 3.8) is 0 Å². The van der Waals surface area contributed by atoms with Crippen LogP contribution < -0.4 is 10.4 Å². The first-order valence-corrected chi connectivity index (χ1v) is 11.0. The van der Waals surface area contributed by atoms with Crippen LogP contribution in [0.15, 0.2) is 35.4 Å². The summed E-state index contributed by atoms with van der Waals surface area (Å²) in [7, 11) is 1.38. The highest BCUT2D eigenvalue weighted by molar-refractivity contribution is 5.89. The Morgan fingerprint density at radius 2 is 2.17 bits per heavy atom. The number of hydrogen-bond acceptors (Lipinski definition) is 6. The Labute approximate surface area is 202 Å². The summed E-state index contributed by atoms with van der Waals surface area (Å²) < 4.78 is 69.6. The molecule has 10 nitrogen and oxygen atoms in total.